The third-order valence-electron chi connectivity index (χ3n) is 3.20. The van der Waals surface area contributed by atoms with Crippen LogP contribution in [0.1, 0.15) is 21.2 Å². The van der Waals surface area contributed by atoms with Crippen molar-refractivity contribution in [2.75, 3.05) is 26.2 Å². The summed E-state index contributed by atoms with van der Waals surface area (Å²) >= 11 is 0. The van der Waals surface area contributed by atoms with Gasteiger partial charge in [-0.25, -0.2) is 4.98 Å². The first-order valence-corrected chi connectivity index (χ1v) is 6.23. The van der Waals surface area contributed by atoms with Gasteiger partial charge in [0.05, 0.1) is 6.26 Å². The maximum Gasteiger partial charge on any atom is 0.291 e. The summed E-state index contributed by atoms with van der Waals surface area (Å²) in [6.07, 6.45) is 2.76. The van der Waals surface area contributed by atoms with E-state index in [-0.39, 0.29) is 17.6 Å². The van der Waals surface area contributed by atoms with Gasteiger partial charge in [0.2, 0.25) is 5.82 Å². The Bertz CT molecular complexity index is 530. The number of rotatable bonds is 2. The highest BCUT2D eigenvalue weighted by Gasteiger charge is 2.27. The maximum absolute atomic E-state index is 12.1. The summed E-state index contributed by atoms with van der Waals surface area (Å²) in [6, 6.07) is 3.31. The fraction of sp³-hybridized carbons (Fsp3) is 0.333. The third kappa shape index (κ3) is 2.27. The second-order valence-electron chi connectivity index (χ2n) is 4.40. The number of furan rings is 1. The molecule has 0 radical (unpaired) electrons. The molecule has 1 saturated heterocycles. The van der Waals surface area contributed by atoms with Crippen LogP contribution in [-0.4, -0.2) is 63.0 Å². The van der Waals surface area contributed by atoms with Crippen molar-refractivity contribution in [1.29, 1.82) is 0 Å². The fourth-order valence-corrected chi connectivity index (χ4v) is 2.13. The number of aromatic nitrogens is 3. The van der Waals surface area contributed by atoms with Crippen LogP contribution >= 0.6 is 0 Å². The van der Waals surface area contributed by atoms with Gasteiger partial charge in [-0.15, -0.1) is 0 Å². The van der Waals surface area contributed by atoms with Crippen molar-refractivity contribution in [1.82, 2.24) is 25.0 Å². The lowest BCUT2D eigenvalue weighted by Crippen LogP contribution is -2.50. The Morgan fingerprint density at radius 1 is 1.15 bits per heavy atom. The van der Waals surface area contributed by atoms with Crippen molar-refractivity contribution in [3.05, 3.63) is 36.3 Å². The molecule has 2 aromatic heterocycles. The zero-order valence-corrected chi connectivity index (χ0v) is 10.7. The molecule has 104 valence electrons. The van der Waals surface area contributed by atoms with Crippen LogP contribution in [0.2, 0.25) is 0 Å². The molecule has 3 heterocycles. The number of nitrogens with one attached hydrogen (secondary N) is 1. The van der Waals surface area contributed by atoms with Gasteiger partial charge in [0, 0.05) is 26.2 Å². The van der Waals surface area contributed by atoms with Crippen molar-refractivity contribution < 1.29 is 14.0 Å². The number of carbonyl (C=O) groups excluding carboxylic acids is 2. The van der Waals surface area contributed by atoms with Gasteiger partial charge in [-0.3, -0.25) is 14.7 Å². The standard InChI is InChI=1S/C12H13N5O3/c18-11(9-2-1-7-20-9)16-3-5-17(6-4-16)12(19)10-13-8-14-15-10/h1-2,7-8H,3-6H2,(H,13,14,15). The molecule has 0 unspecified atom stereocenters. The van der Waals surface area contributed by atoms with Crippen molar-refractivity contribution in [3.8, 4) is 0 Å². The lowest BCUT2D eigenvalue weighted by atomic mass is 10.2. The van der Waals surface area contributed by atoms with Gasteiger partial charge < -0.3 is 14.2 Å². The third-order valence-corrected chi connectivity index (χ3v) is 3.20. The average Bonchev–Trinajstić information content (AvgIpc) is 3.18. The van der Waals surface area contributed by atoms with Gasteiger partial charge in [0.1, 0.15) is 6.33 Å². The minimum atomic E-state index is -0.201. The smallest absolute Gasteiger partial charge is 0.291 e. The highest BCUT2D eigenvalue weighted by atomic mass is 16.3. The molecule has 1 aliphatic heterocycles. The number of H-pyrrole nitrogens is 1. The highest BCUT2D eigenvalue weighted by molar-refractivity contribution is 5.92. The van der Waals surface area contributed by atoms with Crippen molar-refractivity contribution in [2.45, 2.75) is 0 Å². The van der Waals surface area contributed by atoms with Crippen LogP contribution in [0.3, 0.4) is 0 Å². The Morgan fingerprint density at radius 2 is 1.85 bits per heavy atom. The second-order valence-corrected chi connectivity index (χ2v) is 4.40. The molecule has 1 fully saturated rings. The summed E-state index contributed by atoms with van der Waals surface area (Å²) in [7, 11) is 0. The fourth-order valence-electron chi connectivity index (χ4n) is 2.13. The molecule has 2 aromatic rings. The quantitative estimate of drug-likeness (QED) is 0.832. The summed E-state index contributed by atoms with van der Waals surface area (Å²) in [6.45, 7) is 1.87. The van der Waals surface area contributed by atoms with Crippen LogP contribution in [0.4, 0.5) is 0 Å². The van der Waals surface area contributed by atoms with Crippen LogP contribution in [0, 0.1) is 0 Å². The molecule has 8 nitrogen and oxygen atoms in total. The number of amides is 2. The molecule has 8 heteroatoms. The van der Waals surface area contributed by atoms with Gasteiger partial charge >= 0.3 is 0 Å². The van der Waals surface area contributed by atoms with Gasteiger partial charge in [0.15, 0.2) is 5.76 Å². The van der Waals surface area contributed by atoms with Gasteiger partial charge in [-0.1, -0.05) is 0 Å². The first-order valence-electron chi connectivity index (χ1n) is 6.23. The molecule has 0 bridgehead atoms. The normalized spacial score (nSPS) is 15.4. The van der Waals surface area contributed by atoms with Crippen molar-refractivity contribution in [2.24, 2.45) is 0 Å². The monoisotopic (exact) mass is 275 g/mol. The van der Waals surface area contributed by atoms with E-state index in [4.69, 9.17) is 4.42 Å². The summed E-state index contributed by atoms with van der Waals surface area (Å²) in [4.78, 5) is 31.3. The van der Waals surface area contributed by atoms with E-state index < -0.39 is 0 Å². The Morgan fingerprint density at radius 3 is 2.40 bits per heavy atom. The number of piperazine rings is 1. The first-order chi connectivity index (χ1) is 9.75. The van der Waals surface area contributed by atoms with Crippen molar-refractivity contribution >= 4 is 11.8 Å². The predicted octanol–water partition coefficient (Wildman–Crippen LogP) is -0.00410. The van der Waals surface area contributed by atoms with Crippen LogP contribution in [-0.2, 0) is 0 Å². The maximum atomic E-state index is 12.1. The lowest BCUT2D eigenvalue weighted by Gasteiger charge is -2.33. The lowest BCUT2D eigenvalue weighted by molar-refractivity contribution is 0.0512. The zero-order chi connectivity index (χ0) is 13.9. The molecule has 1 aliphatic rings. The molecule has 20 heavy (non-hydrogen) atoms. The van der Waals surface area contributed by atoms with E-state index in [9.17, 15) is 9.59 Å². The largest absolute Gasteiger partial charge is 0.459 e. The van der Waals surface area contributed by atoms with Crippen LogP contribution in [0.5, 0.6) is 0 Å². The highest BCUT2D eigenvalue weighted by Crippen LogP contribution is 2.10. The van der Waals surface area contributed by atoms with E-state index in [2.05, 4.69) is 15.2 Å². The number of hydrogen-bond donors (Lipinski definition) is 1. The van der Waals surface area contributed by atoms with E-state index in [1.54, 1.807) is 21.9 Å². The minimum Gasteiger partial charge on any atom is -0.459 e. The first kappa shape index (κ1) is 12.4. The molecule has 3 rings (SSSR count). The molecular formula is C12H13N5O3. The van der Waals surface area contributed by atoms with E-state index >= 15 is 0 Å². The van der Waals surface area contributed by atoms with E-state index in [1.807, 2.05) is 0 Å². The predicted molar refractivity (Wildman–Crippen MR) is 66.9 cm³/mol. The molecule has 0 aliphatic carbocycles. The Kier molecular flexibility index (Phi) is 3.20. The van der Waals surface area contributed by atoms with Crippen LogP contribution in [0.25, 0.3) is 0 Å². The Hall–Kier alpha value is -2.64. The Balaban J connectivity index is 1.60. The van der Waals surface area contributed by atoms with Gasteiger partial charge in [-0.05, 0) is 12.1 Å². The molecular weight excluding hydrogens is 262 g/mol. The molecule has 1 N–H and O–H groups in total. The second kappa shape index (κ2) is 5.16. The van der Waals surface area contributed by atoms with Crippen molar-refractivity contribution in [3.63, 3.8) is 0 Å². The number of nitrogens with zero attached hydrogens (tertiary/aromatic N) is 4. The zero-order valence-electron chi connectivity index (χ0n) is 10.7. The summed E-state index contributed by atoms with van der Waals surface area (Å²) in [5, 5.41) is 6.20. The van der Waals surface area contributed by atoms with E-state index in [0.29, 0.717) is 31.9 Å². The number of hydrogen-bond acceptors (Lipinski definition) is 5. The molecule has 0 atom stereocenters. The molecule has 0 spiro atoms. The van der Waals surface area contributed by atoms with Gasteiger partial charge in [-0.2, -0.15) is 5.10 Å². The SMILES string of the molecule is O=C(c1ncn[nH]1)N1CCN(C(=O)c2ccco2)CC1. The average molecular weight is 275 g/mol. The van der Waals surface area contributed by atoms with E-state index in [1.165, 1.54) is 12.6 Å². The molecule has 2 amide bonds. The minimum absolute atomic E-state index is 0.151. The molecule has 0 saturated carbocycles. The van der Waals surface area contributed by atoms with Gasteiger partial charge in [0.25, 0.3) is 11.8 Å². The van der Waals surface area contributed by atoms with E-state index in [0.717, 1.165) is 0 Å². The van der Waals surface area contributed by atoms with Crippen LogP contribution in [0.15, 0.2) is 29.1 Å². The van der Waals surface area contributed by atoms with Crippen LogP contribution < -0.4 is 0 Å². The molecule has 0 aromatic carbocycles. The topological polar surface area (TPSA) is 95.3 Å². The summed E-state index contributed by atoms with van der Waals surface area (Å²) in [5.41, 5.74) is 0. The Labute approximate surface area is 114 Å². The summed E-state index contributed by atoms with van der Waals surface area (Å²) < 4.78 is 5.09. The number of aromatic amines is 1. The summed E-state index contributed by atoms with van der Waals surface area (Å²) in [5.74, 6) is 0.185. The number of carbonyl (C=O) groups is 2.